The minimum atomic E-state index is -3.69. The minimum Gasteiger partial charge on any atom is -0.368 e. The van der Waals surface area contributed by atoms with Crippen LogP contribution in [0.15, 0.2) is 53.5 Å². The Labute approximate surface area is 161 Å². The van der Waals surface area contributed by atoms with Gasteiger partial charge in [0, 0.05) is 36.6 Å². The fraction of sp³-hybridized carbons (Fsp3) is 0.222. The molecule has 1 aromatic carbocycles. The van der Waals surface area contributed by atoms with E-state index in [1.807, 2.05) is 0 Å². The summed E-state index contributed by atoms with van der Waals surface area (Å²) in [5.74, 6) is -2.11. The minimum absolute atomic E-state index is 0.157. The molecule has 0 aliphatic carbocycles. The Morgan fingerprint density at radius 1 is 1.14 bits per heavy atom. The highest BCUT2D eigenvalue weighted by molar-refractivity contribution is 7.88. The average molecular weight is 403 g/mol. The van der Waals surface area contributed by atoms with Crippen molar-refractivity contribution in [3.63, 3.8) is 0 Å². The number of nitrogens with zero attached hydrogens (tertiary/aromatic N) is 2. The van der Waals surface area contributed by atoms with Crippen LogP contribution in [-0.4, -0.2) is 47.9 Å². The topological polar surface area (TPSA) is 132 Å². The molecule has 147 valence electrons. The van der Waals surface area contributed by atoms with Gasteiger partial charge in [0.05, 0.1) is 12.2 Å². The molecule has 1 aliphatic rings. The molecule has 2 heterocycles. The highest BCUT2D eigenvalue weighted by atomic mass is 32.2. The number of amides is 2. The van der Waals surface area contributed by atoms with Crippen molar-refractivity contribution in [2.24, 2.45) is 11.7 Å². The lowest BCUT2D eigenvalue weighted by Gasteiger charge is -2.18. The Bertz CT molecular complexity index is 1060. The van der Waals surface area contributed by atoms with Crippen molar-refractivity contribution >= 4 is 27.5 Å². The van der Waals surface area contributed by atoms with Gasteiger partial charge in [-0.25, -0.2) is 8.42 Å². The van der Waals surface area contributed by atoms with Gasteiger partial charge < -0.3 is 11.1 Å². The summed E-state index contributed by atoms with van der Waals surface area (Å²) < 4.78 is 26.0. The molecule has 3 rings (SSSR count). The van der Waals surface area contributed by atoms with E-state index in [-0.39, 0.29) is 12.1 Å². The van der Waals surface area contributed by atoms with Crippen molar-refractivity contribution in [2.45, 2.75) is 6.04 Å². The van der Waals surface area contributed by atoms with Gasteiger partial charge in [-0.3, -0.25) is 19.0 Å². The normalized spacial score (nSPS) is 20.0. The van der Waals surface area contributed by atoms with E-state index >= 15 is 0 Å². The summed E-state index contributed by atoms with van der Waals surface area (Å²) in [6.07, 6.45) is 3.92. The SMILES string of the molecule is CS(=O)(=O)N1CC(C(=O)Nc2ccc(-n3ccccc3=O)cc2)[CH]C1C(N)=O. The van der Waals surface area contributed by atoms with Crippen LogP contribution in [0.1, 0.15) is 0 Å². The number of nitrogens with two attached hydrogens (primary N) is 1. The first kappa shape index (κ1) is 19.8. The molecule has 9 nitrogen and oxygen atoms in total. The quantitative estimate of drug-likeness (QED) is 0.709. The number of carbonyl (C=O) groups is 2. The third-order valence-corrected chi connectivity index (χ3v) is 5.62. The van der Waals surface area contributed by atoms with E-state index in [4.69, 9.17) is 5.73 Å². The van der Waals surface area contributed by atoms with Gasteiger partial charge in [-0.15, -0.1) is 0 Å². The summed E-state index contributed by atoms with van der Waals surface area (Å²) >= 11 is 0. The van der Waals surface area contributed by atoms with E-state index in [0.717, 1.165) is 10.6 Å². The molecule has 2 amide bonds. The number of hydrogen-bond donors (Lipinski definition) is 2. The zero-order valence-corrected chi connectivity index (χ0v) is 15.8. The Kier molecular flexibility index (Phi) is 5.34. The van der Waals surface area contributed by atoms with Gasteiger partial charge >= 0.3 is 0 Å². The molecule has 2 atom stereocenters. The van der Waals surface area contributed by atoms with Crippen molar-refractivity contribution in [3.05, 3.63) is 65.4 Å². The Balaban J connectivity index is 1.72. The van der Waals surface area contributed by atoms with Gasteiger partial charge in [0.1, 0.15) is 6.04 Å². The van der Waals surface area contributed by atoms with E-state index in [2.05, 4.69) is 5.32 Å². The molecule has 28 heavy (non-hydrogen) atoms. The maximum Gasteiger partial charge on any atom is 0.255 e. The molecule has 0 bridgehead atoms. The maximum absolute atomic E-state index is 12.5. The van der Waals surface area contributed by atoms with Gasteiger partial charge in [-0.2, -0.15) is 4.31 Å². The monoisotopic (exact) mass is 403 g/mol. The summed E-state index contributed by atoms with van der Waals surface area (Å²) in [4.78, 5) is 35.9. The molecule has 1 aliphatic heterocycles. The molecular formula is C18H19N4O5S. The van der Waals surface area contributed by atoms with E-state index in [0.29, 0.717) is 11.4 Å². The molecule has 10 heteroatoms. The van der Waals surface area contributed by atoms with Crippen LogP contribution in [0.25, 0.3) is 5.69 Å². The second kappa shape index (κ2) is 7.56. The first-order chi connectivity index (χ1) is 13.2. The van der Waals surface area contributed by atoms with Crippen molar-refractivity contribution in [1.29, 1.82) is 0 Å². The van der Waals surface area contributed by atoms with Crippen LogP contribution >= 0.6 is 0 Å². The van der Waals surface area contributed by atoms with Gasteiger partial charge in [-0.05, 0) is 30.3 Å². The Hall–Kier alpha value is -2.98. The number of primary amides is 1. The number of rotatable bonds is 5. The molecule has 2 aromatic rings. The van der Waals surface area contributed by atoms with Crippen LogP contribution in [0.5, 0.6) is 0 Å². The van der Waals surface area contributed by atoms with Crippen molar-refractivity contribution < 1.29 is 18.0 Å². The average Bonchev–Trinajstić information content (AvgIpc) is 3.09. The van der Waals surface area contributed by atoms with Crippen molar-refractivity contribution in [3.8, 4) is 5.69 Å². The largest absolute Gasteiger partial charge is 0.368 e. The van der Waals surface area contributed by atoms with Gasteiger partial charge in [0.25, 0.3) is 5.56 Å². The molecule has 3 N–H and O–H groups in total. The van der Waals surface area contributed by atoms with Gasteiger partial charge in [-0.1, -0.05) is 6.07 Å². The van der Waals surface area contributed by atoms with Crippen LogP contribution in [0.3, 0.4) is 0 Å². The zero-order valence-electron chi connectivity index (χ0n) is 15.0. The first-order valence-corrected chi connectivity index (χ1v) is 10.2. The number of aromatic nitrogens is 1. The van der Waals surface area contributed by atoms with E-state index < -0.39 is 33.8 Å². The van der Waals surface area contributed by atoms with Crippen LogP contribution in [0.4, 0.5) is 5.69 Å². The molecule has 0 spiro atoms. The predicted molar refractivity (Wildman–Crippen MR) is 103 cm³/mol. The highest BCUT2D eigenvalue weighted by Crippen LogP contribution is 2.26. The summed E-state index contributed by atoms with van der Waals surface area (Å²) in [6, 6.07) is 10.3. The lowest BCUT2D eigenvalue weighted by atomic mass is 10.0. The summed E-state index contributed by atoms with van der Waals surface area (Å²) in [7, 11) is -3.69. The fourth-order valence-corrected chi connectivity index (χ4v) is 4.03. The van der Waals surface area contributed by atoms with Gasteiger partial charge in [0.2, 0.25) is 21.8 Å². The molecule has 1 radical (unpaired) electrons. The smallest absolute Gasteiger partial charge is 0.255 e. The standard InChI is InChI=1S/C18H19N4O5S/c1-28(26,27)22-11-12(10-15(22)17(19)24)18(25)20-13-5-7-14(8-6-13)21-9-3-2-4-16(21)23/h2-10,12,15H,11H2,1H3,(H2,19,24)(H,20,25). The van der Waals surface area contributed by atoms with Crippen LogP contribution in [0, 0.1) is 12.3 Å². The maximum atomic E-state index is 12.5. The van der Waals surface area contributed by atoms with Crippen LogP contribution in [0.2, 0.25) is 0 Å². The van der Waals surface area contributed by atoms with E-state index in [9.17, 15) is 22.8 Å². The number of sulfonamides is 1. The molecular weight excluding hydrogens is 384 g/mol. The molecule has 2 unspecified atom stereocenters. The fourth-order valence-electron chi connectivity index (χ4n) is 3.01. The lowest BCUT2D eigenvalue weighted by Crippen LogP contribution is -2.43. The van der Waals surface area contributed by atoms with Crippen molar-refractivity contribution in [1.82, 2.24) is 8.87 Å². The molecule has 1 saturated heterocycles. The number of benzene rings is 1. The van der Waals surface area contributed by atoms with Crippen LogP contribution in [-0.2, 0) is 19.6 Å². The van der Waals surface area contributed by atoms with Crippen molar-refractivity contribution in [2.75, 3.05) is 18.1 Å². The number of nitrogens with one attached hydrogen (secondary N) is 1. The summed E-state index contributed by atoms with van der Waals surface area (Å²) in [5, 5.41) is 2.68. The molecule has 1 fully saturated rings. The zero-order chi connectivity index (χ0) is 20.5. The first-order valence-electron chi connectivity index (χ1n) is 8.37. The van der Waals surface area contributed by atoms with Gasteiger partial charge in [0.15, 0.2) is 0 Å². The second-order valence-corrected chi connectivity index (χ2v) is 8.36. The summed E-state index contributed by atoms with van der Waals surface area (Å²) in [6.45, 7) is -0.157. The predicted octanol–water partition coefficient (Wildman–Crippen LogP) is -0.274. The third-order valence-electron chi connectivity index (χ3n) is 4.39. The van der Waals surface area contributed by atoms with E-state index in [1.54, 1.807) is 42.6 Å². The Morgan fingerprint density at radius 2 is 1.82 bits per heavy atom. The third kappa shape index (κ3) is 4.12. The number of pyridine rings is 1. The van der Waals surface area contributed by atoms with Crippen LogP contribution < -0.4 is 16.6 Å². The highest BCUT2D eigenvalue weighted by Gasteiger charge is 2.43. The second-order valence-electron chi connectivity index (χ2n) is 6.42. The number of carbonyl (C=O) groups excluding carboxylic acids is 2. The number of hydrogen-bond acceptors (Lipinski definition) is 5. The Morgan fingerprint density at radius 3 is 2.36 bits per heavy atom. The molecule has 0 saturated carbocycles. The molecule has 1 aromatic heterocycles. The number of anilines is 1. The lowest BCUT2D eigenvalue weighted by molar-refractivity contribution is -0.120. The van der Waals surface area contributed by atoms with E-state index in [1.165, 1.54) is 17.1 Å². The summed E-state index contributed by atoms with van der Waals surface area (Å²) in [5.41, 5.74) is 6.17.